The number of benzene rings is 2. The van der Waals surface area contributed by atoms with E-state index in [1.165, 1.54) is 42.9 Å². The molecule has 0 radical (unpaired) electrons. The summed E-state index contributed by atoms with van der Waals surface area (Å²) in [7, 11) is 3.19. The summed E-state index contributed by atoms with van der Waals surface area (Å²) < 4.78 is 12.9. The summed E-state index contributed by atoms with van der Waals surface area (Å²) in [5.74, 6) is 2.95. The Morgan fingerprint density at radius 2 is 1.79 bits per heavy atom. The summed E-state index contributed by atoms with van der Waals surface area (Å²) in [5.41, 5.74) is 2.59. The third-order valence-electron chi connectivity index (χ3n) is 7.72. The molecule has 1 N–H and O–H groups in total. The molecule has 0 spiro atoms. The van der Waals surface area contributed by atoms with Crippen molar-refractivity contribution in [2.45, 2.75) is 31.7 Å². The zero-order valence-corrected chi connectivity index (χ0v) is 19.4. The minimum absolute atomic E-state index is 0.0690. The maximum Gasteiger partial charge on any atom is 0.297 e. The molecule has 7 nitrogen and oxygen atoms in total. The van der Waals surface area contributed by atoms with Gasteiger partial charge in [-0.3, -0.25) is 9.36 Å². The second-order valence-electron chi connectivity index (χ2n) is 9.44. The van der Waals surface area contributed by atoms with Crippen LogP contribution in [0.25, 0.3) is 22.7 Å². The molecule has 2 fully saturated rings. The van der Waals surface area contributed by atoms with E-state index in [9.17, 15) is 4.79 Å². The number of hydrogen-bond acceptors (Lipinski definition) is 6. The Hall–Kier alpha value is -3.61. The van der Waals surface area contributed by atoms with Crippen LogP contribution in [0.4, 0.5) is 5.95 Å². The molecule has 0 amide bonds. The van der Waals surface area contributed by atoms with Crippen molar-refractivity contribution in [3.05, 3.63) is 70.5 Å². The van der Waals surface area contributed by atoms with Crippen molar-refractivity contribution in [2.75, 3.05) is 12.4 Å². The molecule has 0 bridgehead atoms. The van der Waals surface area contributed by atoms with Crippen molar-refractivity contribution >= 4 is 17.0 Å². The van der Waals surface area contributed by atoms with Gasteiger partial charge in [-0.25, -0.2) is 9.97 Å². The minimum Gasteiger partial charge on any atom is -0.489 e. The lowest BCUT2D eigenvalue weighted by molar-refractivity contribution is 0.159. The number of para-hydroxylation sites is 2. The molecular formula is C27H28N4O3. The van der Waals surface area contributed by atoms with Crippen LogP contribution in [0.1, 0.15) is 37.3 Å². The second-order valence-corrected chi connectivity index (χ2v) is 9.44. The highest BCUT2D eigenvalue weighted by atomic mass is 16.5. The van der Waals surface area contributed by atoms with Crippen molar-refractivity contribution in [1.82, 2.24) is 14.5 Å². The Bertz CT molecular complexity index is 1360. The molecule has 0 aliphatic heterocycles. The summed E-state index contributed by atoms with van der Waals surface area (Å²) in [4.78, 5) is 22.7. The predicted octanol–water partition coefficient (Wildman–Crippen LogP) is 5.19. The summed E-state index contributed by atoms with van der Waals surface area (Å²) in [6.07, 6.45) is 5.08. The lowest BCUT2D eigenvalue weighted by Crippen LogP contribution is -2.33. The molecule has 0 saturated heterocycles. The normalized spacial score (nSPS) is 22.2. The molecule has 2 heterocycles. The van der Waals surface area contributed by atoms with Gasteiger partial charge in [0, 0.05) is 7.05 Å². The van der Waals surface area contributed by atoms with E-state index in [0.717, 1.165) is 11.8 Å². The van der Waals surface area contributed by atoms with E-state index in [0.29, 0.717) is 28.7 Å². The van der Waals surface area contributed by atoms with Gasteiger partial charge in [-0.1, -0.05) is 42.5 Å². The van der Waals surface area contributed by atoms with E-state index in [-0.39, 0.29) is 23.2 Å². The van der Waals surface area contributed by atoms with Crippen molar-refractivity contribution in [2.24, 2.45) is 24.8 Å². The van der Waals surface area contributed by atoms with Gasteiger partial charge >= 0.3 is 0 Å². The standard InChI is InChI=1S/C27H28N4O3/c1-31-26(32)24(33-2)23(25-28-20-10-6-7-11-21(20)34-25)30-27(31)29-22(17-8-4-3-5-9-17)19-15-13-16-12-14-18(16)19/h3-11,16,18-19,22H,12-15H2,1-2H3,(H,29,30). The van der Waals surface area contributed by atoms with Crippen molar-refractivity contribution < 1.29 is 9.15 Å². The Labute approximate surface area is 197 Å². The van der Waals surface area contributed by atoms with Crippen LogP contribution >= 0.6 is 0 Å². The molecule has 34 heavy (non-hydrogen) atoms. The van der Waals surface area contributed by atoms with E-state index in [4.69, 9.17) is 14.1 Å². The number of rotatable bonds is 6. The lowest BCUT2D eigenvalue weighted by Gasteiger charge is -2.38. The van der Waals surface area contributed by atoms with Crippen molar-refractivity contribution in [1.29, 1.82) is 0 Å². The molecule has 2 aromatic carbocycles. The SMILES string of the molecule is COc1c(-c2nc3ccccc3o2)nc(NC(c2ccccc2)C2CCC3CCC32)n(C)c1=O. The van der Waals surface area contributed by atoms with E-state index < -0.39 is 0 Å². The summed E-state index contributed by atoms with van der Waals surface area (Å²) in [6.45, 7) is 0. The molecule has 174 valence electrons. The Kier molecular flexibility index (Phi) is 5.12. The fraction of sp³-hybridized carbons (Fsp3) is 0.370. The third-order valence-corrected chi connectivity index (χ3v) is 7.72. The lowest BCUT2D eigenvalue weighted by atomic mass is 9.70. The van der Waals surface area contributed by atoms with Gasteiger partial charge in [-0.05, 0) is 61.1 Å². The Morgan fingerprint density at radius 3 is 2.50 bits per heavy atom. The van der Waals surface area contributed by atoms with E-state index in [1.54, 1.807) is 7.05 Å². The first-order valence-electron chi connectivity index (χ1n) is 12.0. The molecule has 4 aromatic rings. The number of anilines is 1. The number of fused-ring (bicyclic) bond motifs is 2. The highest BCUT2D eigenvalue weighted by Crippen LogP contribution is 2.54. The highest BCUT2D eigenvalue weighted by Gasteiger charge is 2.45. The van der Waals surface area contributed by atoms with Crippen molar-refractivity contribution in [3.8, 4) is 17.3 Å². The third kappa shape index (κ3) is 3.38. The van der Waals surface area contributed by atoms with Crippen LogP contribution < -0.4 is 15.6 Å². The van der Waals surface area contributed by atoms with Crippen molar-refractivity contribution in [3.63, 3.8) is 0 Å². The molecule has 6 rings (SSSR count). The maximum atomic E-state index is 13.3. The number of aromatic nitrogens is 3. The van der Waals surface area contributed by atoms with Gasteiger partial charge in [-0.15, -0.1) is 0 Å². The van der Waals surface area contributed by atoms with Gasteiger partial charge in [0.15, 0.2) is 11.3 Å². The van der Waals surface area contributed by atoms with Crippen LogP contribution in [0, 0.1) is 17.8 Å². The molecule has 2 aliphatic rings. The molecule has 2 saturated carbocycles. The average molecular weight is 457 g/mol. The first-order chi connectivity index (χ1) is 16.6. The fourth-order valence-electron chi connectivity index (χ4n) is 5.80. The second kappa shape index (κ2) is 8.31. The van der Waals surface area contributed by atoms with Crippen LogP contribution in [-0.2, 0) is 7.05 Å². The number of methoxy groups -OCH3 is 1. The smallest absolute Gasteiger partial charge is 0.297 e. The van der Waals surface area contributed by atoms with Gasteiger partial charge in [0.1, 0.15) is 5.52 Å². The zero-order chi connectivity index (χ0) is 23.2. The van der Waals surface area contributed by atoms with Crippen LogP contribution in [0.5, 0.6) is 5.75 Å². The zero-order valence-electron chi connectivity index (χ0n) is 19.4. The Morgan fingerprint density at radius 1 is 1.03 bits per heavy atom. The number of oxazole rings is 1. The highest BCUT2D eigenvalue weighted by molar-refractivity contribution is 5.76. The molecule has 2 aliphatic carbocycles. The topological polar surface area (TPSA) is 82.2 Å². The van der Waals surface area contributed by atoms with Gasteiger partial charge in [0.25, 0.3) is 11.4 Å². The van der Waals surface area contributed by atoms with Crippen LogP contribution in [0.15, 0.2) is 63.8 Å². The molecule has 2 aromatic heterocycles. The maximum absolute atomic E-state index is 13.3. The van der Waals surface area contributed by atoms with Gasteiger partial charge in [0.05, 0.1) is 13.2 Å². The van der Waals surface area contributed by atoms with E-state index in [2.05, 4.69) is 34.6 Å². The van der Waals surface area contributed by atoms with Crippen LogP contribution in [-0.4, -0.2) is 21.6 Å². The first-order valence-corrected chi connectivity index (χ1v) is 12.0. The molecule has 7 heteroatoms. The van der Waals surface area contributed by atoms with Gasteiger partial charge in [-0.2, -0.15) is 0 Å². The summed E-state index contributed by atoms with van der Waals surface area (Å²) >= 11 is 0. The average Bonchev–Trinajstić information content (AvgIpc) is 3.40. The largest absolute Gasteiger partial charge is 0.489 e. The molecular weight excluding hydrogens is 428 g/mol. The number of nitrogens with zero attached hydrogens (tertiary/aromatic N) is 3. The van der Waals surface area contributed by atoms with Crippen LogP contribution in [0.3, 0.4) is 0 Å². The van der Waals surface area contributed by atoms with Crippen LogP contribution in [0.2, 0.25) is 0 Å². The first kappa shape index (κ1) is 21.0. The number of nitrogens with one attached hydrogen (secondary N) is 1. The monoisotopic (exact) mass is 456 g/mol. The van der Waals surface area contributed by atoms with Gasteiger partial charge in [0.2, 0.25) is 11.7 Å². The fourth-order valence-corrected chi connectivity index (χ4v) is 5.80. The van der Waals surface area contributed by atoms with E-state index in [1.807, 2.05) is 30.3 Å². The number of ether oxygens (including phenoxy) is 1. The Balaban J connectivity index is 1.45. The van der Waals surface area contributed by atoms with Gasteiger partial charge < -0.3 is 14.5 Å². The summed E-state index contributed by atoms with van der Waals surface area (Å²) in [5, 5.41) is 3.65. The molecule has 4 atom stereocenters. The number of hydrogen-bond donors (Lipinski definition) is 1. The van der Waals surface area contributed by atoms with E-state index >= 15 is 0 Å². The minimum atomic E-state index is -0.281. The molecule has 4 unspecified atom stereocenters. The predicted molar refractivity (Wildman–Crippen MR) is 131 cm³/mol. The quantitative estimate of drug-likeness (QED) is 0.430. The summed E-state index contributed by atoms with van der Waals surface area (Å²) in [6, 6.07) is 18.1.